The summed E-state index contributed by atoms with van der Waals surface area (Å²) >= 11 is 12.0. The van der Waals surface area contributed by atoms with Crippen molar-refractivity contribution in [3.63, 3.8) is 0 Å². The first kappa shape index (κ1) is 21.2. The van der Waals surface area contributed by atoms with E-state index in [9.17, 15) is 13.2 Å². The van der Waals surface area contributed by atoms with E-state index in [-0.39, 0.29) is 17.3 Å². The van der Waals surface area contributed by atoms with Gasteiger partial charge in [0.1, 0.15) is 0 Å². The zero-order valence-corrected chi connectivity index (χ0v) is 17.8. The Balaban J connectivity index is 1.71. The summed E-state index contributed by atoms with van der Waals surface area (Å²) in [6, 6.07) is 17.8. The summed E-state index contributed by atoms with van der Waals surface area (Å²) in [7, 11) is -3.75. The zero-order chi connectivity index (χ0) is 21.0. The first-order valence-corrected chi connectivity index (χ1v) is 10.9. The van der Waals surface area contributed by atoms with E-state index >= 15 is 0 Å². The molecule has 3 aromatic carbocycles. The maximum absolute atomic E-state index is 12.5. The van der Waals surface area contributed by atoms with Crippen LogP contribution in [0.3, 0.4) is 0 Å². The molecular weight excluding hydrogens is 431 g/mol. The molecule has 3 rings (SSSR count). The monoisotopic (exact) mass is 448 g/mol. The maximum atomic E-state index is 12.5. The van der Waals surface area contributed by atoms with Gasteiger partial charge in [0.2, 0.25) is 0 Å². The predicted molar refractivity (Wildman–Crippen MR) is 116 cm³/mol. The Kier molecular flexibility index (Phi) is 6.47. The average molecular weight is 449 g/mol. The van der Waals surface area contributed by atoms with Gasteiger partial charge in [-0.25, -0.2) is 8.42 Å². The predicted octanol–water partition coefficient (Wildman–Crippen LogP) is 5.03. The molecule has 0 unspecified atom stereocenters. The molecule has 0 saturated carbocycles. The van der Waals surface area contributed by atoms with Crippen molar-refractivity contribution in [2.75, 3.05) is 4.72 Å². The van der Waals surface area contributed by atoms with Crippen molar-refractivity contribution >= 4 is 44.8 Å². The SMILES string of the molecule is Cc1ccc(S(=O)(=O)Nc2cccc(C(=O)NCc3ccc(Cl)cc3Cl)c2)cc1. The van der Waals surface area contributed by atoms with Crippen LogP contribution in [-0.2, 0) is 16.6 Å². The minimum Gasteiger partial charge on any atom is -0.348 e. The van der Waals surface area contributed by atoms with Gasteiger partial charge in [-0.3, -0.25) is 9.52 Å². The number of sulfonamides is 1. The molecule has 8 heteroatoms. The van der Waals surface area contributed by atoms with E-state index in [1.54, 1.807) is 48.5 Å². The summed E-state index contributed by atoms with van der Waals surface area (Å²) in [4.78, 5) is 12.6. The lowest BCUT2D eigenvalue weighted by molar-refractivity contribution is 0.0951. The van der Waals surface area contributed by atoms with E-state index in [1.807, 2.05) is 6.92 Å². The van der Waals surface area contributed by atoms with Crippen molar-refractivity contribution < 1.29 is 13.2 Å². The highest BCUT2D eigenvalue weighted by molar-refractivity contribution is 7.92. The van der Waals surface area contributed by atoms with Gasteiger partial charge >= 0.3 is 0 Å². The number of rotatable bonds is 6. The number of anilines is 1. The van der Waals surface area contributed by atoms with Crippen molar-refractivity contribution in [3.8, 4) is 0 Å². The van der Waals surface area contributed by atoms with Crippen LogP contribution in [0.15, 0.2) is 71.6 Å². The molecule has 1 amide bonds. The molecule has 0 atom stereocenters. The Morgan fingerprint density at radius 1 is 0.966 bits per heavy atom. The second kappa shape index (κ2) is 8.86. The summed E-state index contributed by atoms with van der Waals surface area (Å²) in [5.41, 5.74) is 2.30. The van der Waals surface area contributed by atoms with Gasteiger partial charge in [0.15, 0.2) is 0 Å². The molecule has 5 nitrogen and oxygen atoms in total. The largest absolute Gasteiger partial charge is 0.348 e. The highest BCUT2D eigenvalue weighted by Crippen LogP contribution is 2.21. The maximum Gasteiger partial charge on any atom is 0.261 e. The number of hydrogen-bond acceptors (Lipinski definition) is 3. The summed E-state index contributed by atoms with van der Waals surface area (Å²) in [6.07, 6.45) is 0. The van der Waals surface area contributed by atoms with E-state index < -0.39 is 10.0 Å². The van der Waals surface area contributed by atoms with Crippen molar-refractivity contribution in [2.24, 2.45) is 0 Å². The van der Waals surface area contributed by atoms with Gasteiger partial charge in [-0.15, -0.1) is 0 Å². The van der Waals surface area contributed by atoms with Gasteiger partial charge in [0.25, 0.3) is 15.9 Å². The van der Waals surface area contributed by atoms with E-state index in [0.29, 0.717) is 21.3 Å². The second-order valence-corrected chi connectivity index (χ2v) is 8.94. The lowest BCUT2D eigenvalue weighted by atomic mass is 10.1. The number of carbonyl (C=O) groups excluding carboxylic acids is 1. The van der Waals surface area contributed by atoms with Crippen molar-refractivity contribution in [2.45, 2.75) is 18.4 Å². The van der Waals surface area contributed by atoms with Gasteiger partial charge in [-0.1, -0.05) is 53.0 Å². The van der Waals surface area contributed by atoms with E-state index in [0.717, 1.165) is 11.1 Å². The zero-order valence-electron chi connectivity index (χ0n) is 15.4. The third kappa shape index (κ3) is 5.50. The van der Waals surface area contributed by atoms with Crippen molar-refractivity contribution in [1.29, 1.82) is 0 Å². The van der Waals surface area contributed by atoms with Crippen molar-refractivity contribution in [1.82, 2.24) is 5.32 Å². The first-order chi connectivity index (χ1) is 13.7. The van der Waals surface area contributed by atoms with Crippen LogP contribution < -0.4 is 10.0 Å². The molecule has 29 heavy (non-hydrogen) atoms. The van der Waals surface area contributed by atoms with Crippen LogP contribution in [-0.4, -0.2) is 14.3 Å². The Bertz CT molecular complexity index is 1150. The summed E-state index contributed by atoms with van der Waals surface area (Å²) in [5, 5.41) is 3.73. The van der Waals surface area contributed by atoms with Gasteiger partial charge in [-0.05, 0) is 55.0 Å². The Morgan fingerprint density at radius 2 is 1.69 bits per heavy atom. The molecule has 0 fully saturated rings. The number of hydrogen-bond donors (Lipinski definition) is 2. The molecular formula is C21H18Cl2N2O3S. The van der Waals surface area contributed by atoms with Crippen LogP contribution in [0, 0.1) is 6.92 Å². The number of amides is 1. The van der Waals surface area contributed by atoms with Crippen LogP contribution in [0.2, 0.25) is 10.0 Å². The molecule has 150 valence electrons. The topological polar surface area (TPSA) is 75.3 Å². The van der Waals surface area contributed by atoms with Crippen LogP contribution in [0.25, 0.3) is 0 Å². The van der Waals surface area contributed by atoms with Gasteiger partial charge in [0.05, 0.1) is 4.90 Å². The Labute approximate surface area is 179 Å². The van der Waals surface area contributed by atoms with Gasteiger partial charge in [-0.2, -0.15) is 0 Å². The summed E-state index contributed by atoms with van der Waals surface area (Å²) < 4.78 is 27.6. The Hall–Kier alpha value is -2.54. The minimum absolute atomic E-state index is 0.148. The molecule has 0 aliphatic carbocycles. The third-order valence-corrected chi connectivity index (χ3v) is 6.15. The van der Waals surface area contributed by atoms with E-state index in [4.69, 9.17) is 23.2 Å². The number of halogens is 2. The number of aryl methyl sites for hydroxylation is 1. The molecule has 0 aromatic heterocycles. The fourth-order valence-electron chi connectivity index (χ4n) is 2.60. The van der Waals surface area contributed by atoms with Crippen LogP contribution >= 0.6 is 23.2 Å². The molecule has 2 N–H and O–H groups in total. The lowest BCUT2D eigenvalue weighted by Gasteiger charge is -2.11. The standard InChI is InChI=1S/C21H18Cl2N2O3S/c1-14-5-9-19(10-6-14)29(27,28)25-18-4-2-3-15(11-18)21(26)24-13-16-7-8-17(22)12-20(16)23/h2-12,25H,13H2,1H3,(H,24,26). The fourth-order valence-corrected chi connectivity index (χ4v) is 4.12. The van der Waals surface area contributed by atoms with Crippen LogP contribution in [0.5, 0.6) is 0 Å². The molecule has 0 saturated heterocycles. The number of nitrogens with one attached hydrogen (secondary N) is 2. The normalized spacial score (nSPS) is 11.1. The highest BCUT2D eigenvalue weighted by Gasteiger charge is 2.15. The van der Waals surface area contributed by atoms with E-state index in [2.05, 4.69) is 10.0 Å². The van der Waals surface area contributed by atoms with Gasteiger partial charge in [0, 0.05) is 27.8 Å². The third-order valence-electron chi connectivity index (χ3n) is 4.16. The quantitative estimate of drug-likeness (QED) is 0.554. The van der Waals surface area contributed by atoms with Crippen LogP contribution in [0.1, 0.15) is 21.5 Å². The summed E-state index contributed by atoms with van der Waals surface area (Å²) in [5.74, 6) is -0.354. The van der Waals surface area contributed by atoms with Crippen LogP contribution in [0.4, 0.5) is 5.69 Å². The molecule has 0 bridgehead atoms. The van der Waals surface area contributed by atoms with Gasteiger partial charge < -0.3 is 5.32 Å². The first-order valence-electron chi connectivity index (χ1n) is 8.66. The molecule has 0 aliphatic heterocycles. The van der Waals surface area contributed by atoms with E-state index in [1.165, 1.54) is 18.2 Å². The molecule has 0 spiro atoms. The molecule has 3 aromatic rings. The van der Waals surface area contributed by atoms with Crippen molar-refractivity contribution in [3.05, 3.63) is 93.5 Å². The average Bonchev–Trinajstić information content (AvgIpc) is 2.67. The number of benzene rings is 3. The molecule has 0 aliphatic rings. The smallest absolute Gasteiger partial charge is 0.261 e. The Morgan fingerprint density at radius 3 is 2.38 bits per heavy atom. The summed E-state index contributed by atoms with van der Waals surface area (Å²) in [6.45, 7) is 2.09. The lowest BCUT2D eigenvalue weighted by Crippen LogP contribution is -2.23. The minimum atomic E-state index is -3.75. The molecule has 0 heterocycles. The number of carbonyl (C=O) groups is 1. The second-order valence-electron chi connectivity index (χ2n) is 6.42. The highest BCUT2D eigenvalue weighted by atomic mass is 35.5. The fraction of sp³-hybridized carbons (Fsp3) is 0.0952. The molecule has 0 radical (unpaired) electrons.